The van der Waals surface area contributed by atoms with E-state index >= 15 is 0 Å². The fourth-order valence-corrected chi connectivity index (χ4v) is 7.91. The third kappa shape index (κ3) is 3.38. The zero-order valence-electron chi connectivity index (χ0n) is 18.2. The van der Waals surface area contributed by atoms with Crippen LogP contribution in [-0.2, 0) is 10.2 Å². The average Bonchev–Trinajstić information content (AvgIpc) is 3.46. The predicted molar refractivity (Wildman–Crippen MR) is 113 cm³/mol. The lowest BCUT2D eigenvalue weighted by Crippen LogP contribution is -2.49. The van der Waals surface area contributed by atoms with Crippen molar-refractivity contribution in [2.45, 2.75) is 56.8 Å². The van der Waals surface area contributed by atoms with E-state index in [1.54, 1.807) is 0 Å². The first-order valence-corrected chi connectivity index (χ1v) is 13.2. The third-order valence-electron chi connectivity index (χ3n) is 8.54. The summed E-state index contributed by atoms with van der Waals surface area (Å²) < 4.78 is 78.0. The number of carbonyl (C=O) groups excluding carboxylic acids is 1. The summed E-state index contributed by atoms with van der Waals surface area (Å²) in [6, 6.07) is 2.49. The van der Waals surface area contributed by atoms with Gasteiger partial charge < -0.3 is 4.74 Å². The zero-order chi connectivity index (χ0) is 23.2. The highest BCUT2D eigenvalue weighted by atomic mass is 32.2. The van der Waals surface area contributed by atoms with E-state index in [9.17, 15) is 26.4 Å². The molecule has 1 aromatic rings. The summed E-state index contributed by atoms with van der Waals surface area (Å²) in [6.07, 6.45) is 4.70. The smallest absolute Gasteiger partial charge is 0.304 e. The molecule has 1 amide bonds. The van der Waals surface area contributed by atoms with Crippen molar-refractivity contribution in [2.24, 2.45) is 23.2 Å². The van der Waals surface area contributed by atoms with Gasteiger partial charge in [-0.1, -0.05) is 0 Å². The average molecular weight is 485 g/mol. The Kier molecular flexibility index (Phi) is 4.67. The third-order valence-corrected chi connectivity index (χ3v) is 10.0. The molecule has 4 bridgehead atoms. The van der Waals surface area contributed by atoms with Crippen LogP contribution in [0.5, 0.6) is 5.75 Å². The fourth-order valence-electron chi connectivity index (χ4n) is 6.70. The highest BCUT2D eigenvalue weighted by molar-refractivity contribution is 7.87. The molecule has 1 saturated heterocycles. The number of benzene rings is 1. The van der Waals surface area contributed by atoms with Crippen LogP contribution in [0.25, 0.3) is 0 Å². The number of halogens is 3. The molecule has 10 heteroatoms. The number of nitrogens with one attached hydrogen (secondary N) is 1. The molecule has 4 atom stereocenters. The molecule has 1 heterocycles. The number of hydrogen-bond acceptors (Lipinski definition) is 4. The van der Waals surface area contributed by atoms with Gasteiger partial charge in [-0.2, -0.15) is 12.7 Å². The van der Waals surface area contributed by atoms with Crippen molar-refractivity contribution >= 4 is 16.1 Å². The number of carbonyl (C=O) groups is 1. The second-order valence-corrected chi connectivity index (χ2v) is 12.3. The standard InChI is InChI=1S/C23H27F3N2O4S/c24-18-9-19(32-12-22-10-13-6-15(11-22)23(25,26)20(22)7-13)16(14-2-3-14)8-17(18)21(29)27-33(30,31)28-4-1-5-28/h8-9,13-15,20H,1-7,10-12H2,(H,27,29). The maximum absolute atomic E-state index is 14.9. The summed E-state index contributed by atoms with van der Waals surface area (Å²) >= 11 is 0. The molecular formula is C23H27F3N2O4S. The maximum atomic E-state index is 14.9. The minimum Gasteiger partial charge on any atom is -0.493 e. The van der Waals surface area contributed by atoms with Crippen molar-refractivity contribution in [3.63, 3.8) is 0 Å². The molecule has 1 N–H and O–H groups in total. The summed E-state index contributed by atoms with van der Waals surface area (Å²) in [5, 5.41) is 0. The topological polar surface area (TPSA) is 75.7 Å². The first-order chi connectivity index (χ1) is 15.6. The molecule has 1 aliphatic heterocycles. The monoisotopic (exact) mass is 484 g/mol. The fraction of sp³-hybridized carbons (Fsp3) is 0.696. The zero-order valence-corrected chi connectivity index (χ0v) is 19.0. The first-order valence-electron chi connectivity index (χ1n) is 11.8. The van der Waals surface area contributed by atoms with E-state index in [0.717, 1.165) is 36.1 Å². The van der Waals surface area contributed by atoms with Crippen molar-refractivity contribution in [3.05, 3.63) is 29.1 Å². The largest absolute Gasteiger partial charge is 0.493 e. The highest BCUT2D eigenvalue weighted by Crippen LogP contribution is 2.70. The van der Waals surface area contributed by atoms with Crippen LogP contribution < -0.4 is 9.46 Å². The van der Waals surface area contributed by atoms with Gasteiger partial charge in [-0.25, -0.2) is 17.9 Å². The van der Waals surface area contributed by atoms with Gasteiger partial charge in [-0.3, -0.25) is 4.79 Å². The normalized spacial score (nSPS) is 34.3. The van der Waals surface area contributed by atoms with Crippen LogP contribution in [0.1, 0.15) is 66.8 Å². The van der Waals surface area contributed by atoms with Crippen LogP contribution in [0.3, 0.4) is 0 Å². The second kappa shape index (κ2) is 7.10. The summed E-state index contributed by atoms with van der Waals surface area (Å²) in [7, 11) is -3.99. The van der Waals surface area contributed by atoms with Crippen LogP contribution in [0.15, 0.2) is 12.1 Å². The van der Waals surface area contributed by atoms with Gasteiger partial charge in [0, 0.05) is 36.4 Å². The van der Waals surface area contributed by atoms with Crippen molar-refractivity contribution in [1.82, 2.24) is 9.03 Å². The maximum Gasteiger partial charge on any atom is 0.304 e. The molecule has 6 fully saturated rings. The molecule has 6 nitrogen and oxygen atoms in total. The molecule has 0 aromatic heterocycles. The van der Waals surface area contributed by atoms with Crippen LogP contribution in [-0.4, -0.2) is 44.2 Å². The predicted octanol–water partition coefficient (Wildman–Crippen LogP) is 3.83. The van der Waals surface area contributed by atoms with Crippen LogP contribution in [0, 0.1) is 29.0 Å². The summed E-state index contributed by atoms with van der Waals surface area (Å²) in [5.41, 5.74) is -0.280. The lowest BCUT2D eigenvalue weighted by Gasteiger charge is -2.32. The number of amides is 1. The van der Waals surface area contributed by atoms with Crippen LogP contribution >= 0.6 is 0 Å². The van der Waals surface area contributed by atoms with E-state index < -0.39 is 45.1 Å². The minimum atomic E-state index is -3.99. The minimum absolute atomic E-state index is 0.0921. The molecule has 4 unspecified atom stereocenters. The number of ether oxygens (including phenoxy) is 1. The molecule has 33 heavy (non-hydrogen) atoms. The lowest BCUT2D eigenvalue weighted by molar-refractivity contribution is -0.105. The van der Waals surface area contributed by atoms with Gasteiger partial charge in [0.1, 0.15) is 11.6 Å². The Bertz CT molecular complexity index is 1120. The Morgan fingerprint density at radius 2 is 1.94 bits per heavy atom. The number of alkyl halides is 2. The SMILES string of the molecule is O=C(NS(=O)(=O)N1CCC1)c1cc(C2CC2)c(OCC23CC4CC(C2)C(F)(F)C3C4)cc1F. The summed E-state index contributed by atoms with van der Waals surface area (Å²) in [6.45, 7) is 0.775. The number of rotatable bonds is 7. The molecule has 5 aliphatic carbocycles. The van der Waals surface area contributed by atoms with E-state index in [1.165, 1.54) is 6.07 Å². The van der Waals surface area contributed by atoms with Crippen molar-refractivity contribution in [3.8, 4) is 5.75 Å². The quantitative estimate of drug-likeness (QED) is 0.638. The first kappa shape index (κ1) is 21.7. The highest BCUT2D eigenvalue weighted by Gasteiger charge is 2.71. The van der Waals surface area contributed by atoms with Crippen molar-refractivity contribution in [2.75, 3.05) is 19.7 Å². The molecule has 0 radical (unpaired) electrons. The number of hydrogen-bond donors (Lipinski definition) is 1. The van der Waals surface area contributed by atoms with Gasteiger partial charge >= 0.3 is 10.2 Å². The molecule has 0 spiro atoms. The molecule has 180 valence electrons. The Morgan fingerprint density at radius 3 is 2.61 bits per heavy atom. The molecule has 5 saturated carbocycles. The Morgan fingerprint density at radius 1 is 1.18 bits per heavy atom. The van der Waals surface area contributed by atoms with E-state index in [1.807, 2.05) is 4.72 Å². The second-order valence-electron chi connectivity index (χ2n) is 10.7. The molecule has 1 aromatic carbocycles. The van der Waals surface area contributed by atoms with Gasteiger partial charge in [0.2, 0.25) is 0 Å². The lowest BCUT2D eigenvalue weighted by atomic mass is 9.76. The van der Waals surface area contributed by atoms with Gasteiger partial charge in [0.25, 0.3) is 11.8 Å². The summed E-state index contributed by atoms with van der Waals surface area (Å²) in [5.74, 6) is -5.14. The van der Waals surface area contributed by atoms with Crippen LogP contribution in [0.4, 0.5) is 13.2 Å². The van der Waals surface area contributed by atoms with Gasteiger partial charge in [0.05, 0.1) is 12.2 Å². The van der Waals surface area contributed by atoms with E-state index in [2.05, 4.69) is 0 Å². The van der Waals surface area contributed by atoms with Gasteiger partial charge in [-0.05, 0) is 68.4 Å². The van der Waals surface area contributed by atoms with E-state index in [0.29, 0.717) is 43.8 Å². The van der Waals surface area contributed by atoms with Crippen LogP contribution in [0.2, 0.25) is 0 Å². The van der Waals surface area contributed by atoms with Crippen molar-refractivity contribution < 1.29 is 31.1 Å². The van der Waals surface area contributed by atoms with Gasteiger partial charge in [0.15, 0.2) is 0 Å². The molecular weight excluding hydrogens is 457 g/mol. The van der Waals surface area contributed by atoms with E-state index in [4.69, 9.17) is 4.74 Å². The number of nitrogens with zero attached hydrogens (tertiary/aromatic N) is 1. The van der Waals surface area contributed by atoms with E-state index in [-0.39, 0.29) is 23.8 Å². The van der Waals surface area contributed by atoms with Gasteiger partial charge in [-0.15, -0.1) is 0 Å². The Balaban J connectivity index is 1.23. The Labute approximate surface area is 191 Å². The Hall–Kier alpha value is -1.81. The summed E-state index contributed by atoms with van der Waals surface area (Å²) in [4.78, 5) is 12.6. The molecule has 6 aliphatic rings. The molecule has 7 rings (SSSR count). The van der Waals surface area contributed by atoms with Crippen molar-refractivity contribution in [1.29, 1.82) is 0 Å².